The number of aliphatic hydroxyl groups excluding tert-OH is 1. The quantitative estimate of drug-likeness (QED) is 0.607. The van der Waals surface area contributed by atoms with Crippen molar-refractivity contribution >= 4 is 22.8 Å². The number of nitrogens with zero attached hydrogens (tertiary/aromatic N) is 1. The molecule has 3 rings (SSSR count). The number of aromatic nitrogens is 2. The minimum Gasteiger partial charge on any atom is -0.391 e. The van der Waals surface area contributed by atoms with Gasteiger partial charge in [0.05, 0.1) is 29.6 Å². The summed E-state index contributed by atoms with van der Waals surface area (Å²) < 4.78 is 0. The van der Waals surface area contributed by atoms with Crippen molar-refractivity contribution in [1.82, 2.24) is 20.6 Å². The molecular weight excluding hydrogens is 356 g/mol. The second kappa shape index (κ2) is 8.73. The third-order valence-corrected chi connectivity index (χ3v) is 5.25. The molecule has 1 fully saturated rings. The summed E-state index contributed by atoms with van der Waals surface area (Å²) in [4.78, 5) is 32.2. The van der Waals surface area contributed by atoms with Crippen LogP contribution in [0.3, 0.4) is 0 Å². The first-order valence-electron chi connectivity index (χ1n) is 10.0. The Morgan fingerprint density at radius 3 is 2.82 bits per heavy atom. The number of aromatic amines is 1. The molecule has 1 aromatic carbocycles. The molecule has 1 aromatic heterocycles. The topological polar surface area (TPSA) is 107 Å². The van der Waals surface area contributed by atoms with Crippen LogP contribution in [0.1, 0.15) is 44.5 Å². The molecule has 1 heterocycles. The van der Waals surface area contributed by atoms with Crippen molar-refractivity contribution < 1.29 is 14.7 Å². The van der Waals surface area contributed by atoms with Gasteiger partial charge in [0.2, 0.25) is 11.8 Å². The molecule has 4 N–H and O–H groups in total. The third kappa shape index (κ3) is 5.10. The zero-order chi connectivity index (χ0) is 20.3. The van der Waals surface area contributed by atoms with Gasteiger partial charge in [-0.1, -0.05) is 19.9 Å². The Hall–Kier alpha value is -2.41. The first kappa shape index (κ1) is 20.3. The van der Waals surface area contributed by atoms with Crippen LogP contribution >= 0.6 is 0 Å². The fourth-order valence-corrected chi connectivity index (χ4v) is 3.74. The van der Waals surface area contributed by atoms with Crippen molar-refractivity contribution in [2.24, 2.45) is 11.8 Å². The van der Waals surface area contributed by atoms with E-state index in [1.165, 1.54) is 0 Å². The summed E-state index contributed by atoms with van der Waals surface area (Å²) in [5.74, 6) is 0.930. The van der Waals surface area contributed by atoms with Gasteiger partial charge in [0.1, 0.15) is 5.82 Å². The molecule has 1 aliphatic rings. The second-order valence-corrected chi connectivity index (χ2v) is 8.24. The summed E-state index contributed by atoms with van der Waals surface area (Å²) in [6.07, 6.45) is 1.20. The van der Waals surface area contributed by atoms with Crippen molar-refractivity contribution in [3.63, 3.8) is 0 Å². The molecule has 2 amide bonds. The van der Waals surface area contributed by atoms with Gasteiger partial charge in [0.25, 0.3) is 0 Å². The Kier molecular flexibility index (Phi) is 6.34. The third-order valence-electron chi connectivity index (χ3n) is 5.25. The smallest absolute Gasteiger partial charge is 0.224 e. The van der Waals surface area contributed by atoms with Gasteiger partial charge in [0.15, 0.2) is 0 Å². The van der Waals surface area contributed by atoms with Gasteiger partial charge in [0, 0.05) is 12.5 Å². The first-order chi connectivity index (χ1) is 13.3. The van der Waals surface area contributed by atoms with Gasteiger partial charge in [-0.05, 0) is 49.8 Å². The maximum Gasteiger partial charge on any atom is 0.224 e. The molecule has 7 heteroatoms. The van der Waals surface area contributed by atoms with E-state index in [0.717, 1.165) is 22.4 Å². The highest BCUT2D eigenvalue weighted by atomic mass is 16.3. The van der Waals surface area contributed by atoms with Crippen molar-refractivity contribution in [2.45, 2.75) is 58.6 Å². The fraction of sp³-hybridized carbons (Fsp3) is 0.571. The Labute approximate surface area is 165 Å². The van der Waals surface area contributed by atoms with Gasteiger partial charge in [-0.15, -0.1) is 0 Å². The Morgan fingerprint density at radius 1 is 1.32 bits per heavy atom. The highest BCUT2D eigenvalue weighted by Gasteiger charge is 2.33. The molecule has 0 radical (unpaired) electrons. The molecule has 1 aliphatic carbocycles. The molecule has 0 aliphatic heterocycles. The summed E-state index contributed by atoms with van der Waals surface area (Å²) in [5, 5.41) is 16.3. The number of benzene rings is 1. The molecule has 2 aromatic rings. The molecular formula is C21H30N4O3. The number of imidazole rings is 1. The molecule has 152 valence electrons. The predicted molar refractivity (Wildman–Crippen MR) is 108 cm³/mol. The molecule has 28 heavy (non-hydrogen) atoms. The Bertz CT molecular complexity index is 845. The highest BCUT2D eigenvalue weighted by Crippen LogP contribution is 2.25. The molecule has 3 atom stereocenters. The molecule has 0 spiro atoms. The van der Waals surface area contributed by atoms with E-state index in [-0.39, 0.29) is 30.2 Å². The van der Waals surface area contributed by atoms with E-state index < -0.39 is 6.10 Å². The summed E-state index contributed by atoms with van der Waals surface area (Å²) >= 11 is 0. The zero-order valence-corrected chi connectivity index (χ0v) is 16.8. The van der Waals surface area contributed by atoms with E-state index in [1.54, 1.807) is 0 Å². The van der Waals surface area contributed by atoms with Crippen molar-refractivity contribution in [1.29, 1.82) is 0 Å². The van der Waals surface area contributed by atoms with Crippen LogP contribution in [-0.2, 0) is 16.0 Å². The van der Waals surface area contributed by atoms with E-state index in [4.69, 9.17) is 0 Å². The normalized spacial score (nSPS) is 22.4. The Balaban J connectivity index is 1.50. The lowest BCUT2D eigenvalue weighted by molar-refractivity contribution is -0.128. The maximum atomic E-state index is 12.4. The van der Waals surface area contributed by atoms with E-state index >= 15 is 0 Å². The van der Waals surface area contributed by atoms with Crippen LogP contribution in [0.5, 0.6) is 0 Å². The lowest BCUT2D eigenvalue weighted by Crippen LogP contribution is -2.49. The van der Waals surface area contributed by atoms with Gasteiger partial charge in [-0.2, -0.15) is 0 Å². The van der Waals surface area contributed by atoms with Crippen LogP contribution in [0.2, 0.25) is 0 Å². The molecule has 1 saturated carbocycles. The van der Waals surface area contributed by atoms with Crippen molar-refractivity contribution in [3.05, 3.63) is 29.6 Å². The number of rotatable bonds is 6. The fourth-order valence-electron chi connectivity index (χ4n) is 3.74. The van der Waals surface area contributed by atoms with E-state index in [0.29, 0.717) is 31.7 Å². The van der Waals surface area contributed by atoms with Crippen LogP contribution in [0.4, 0.5) is 0 Å². The predicted octanol–water partition coefficient (Wildman–Crippen LogP) is 1.83. The van der Waals surface area contributed by atoms with Crippen LogP contribution in [-0.4, -0.2) is 45.6 Å². The Morgan fingerprint density at radius 2 is 2.11 bits per heavy atom. The minimum absolute atomic E-state index is 0.000629. The lowest BCUT2D eigenvalue weighted by Gasteiger charge is -2.33. The number of carbonyl (C=O) groups excluding carboxylic acids is 2. The number of aliphatic hydroxyl groups is 1. The number of carbonyl (C=O) groups is 2. The lowest BCUT2D eigenvalue weighted by atomic mass is 9.83. The van der Waals surface area contributed by atoms with E-state index in [9.17, 15) is 14.7 Å². The largest absolute Gasteiger partial charge is 0.391 e. The molecule has 7 nitrogen and oxygen atoms in total. The highest BCUT2D eigenvalue weighted by molar-refractivity contribution is 5.82. The number of aryl methyl sites for hydroxylation is 1. The SMILES string of the molecule is Cc1nc2ccc(CC(=O)N[C@@H]3CC[C@H](C(=O)NCC(C)C)C[C@H]3O)cc2[nH]1. The monoisotopic (exact) mass is 386 g/mol. The number of hydrogen-bond acceptors (Lipinski definition) is 4. The van der Waals surface area contributed by atoms with Gasteiger partial charge < -0.3 is 20.7 Å². The second-order valence-electron chi connectivity index (χ2n) is 8.24. The van der Waals surface area contributed by atoms with Crippen LogP contribution in [0, 0.1) is 18.8 Å². The van der Waals surface area contributed by atoms with E-state index in [1.807, 2.05) is 39.0 Å². The van der Waals surface area contributed by atoms with Crippen LogP contribution in [0.25, 0.3) is 11.0 Å². The minimum atomic E-state index is -0.703. The molecule has 0 bridgehead atoms. The summed E-state index contributed by atoms with van der Waals surface area (Å²) in [5.41, 5.74) is 2.69. The van der Waals surface area contributed by atoms with Gasteiger partial charge >= 0.3 is 0 Å². The summed E-state index contributed by atoms with van der Waals surface area (Å²) in [6.45, 7) is 6.64. The van der Waals surface area contributed by atoms with Crippen LogP contribution in [0.15, 0.2) is 18.2 Å². The zero-order valence-electron chi connectivity index (χ0n) is 16.8. The number of nitrogens with one attached hydrogen (secondary N) is 3. The number of H-pyrrole nitrogens is 1. The first-order valence-corrected chi connectivity index (χ1v) is 10.0. The number of hydrogen-bond donors (Lipinski definition) is 4. The van der Waals surface area contributed by atoms with Gasteiger partial charge in [-0.25, -0.2) is 4.98 Å². The average Bonchev–Trinajstić information content (AvgIpc) is 3.00. The maximum absolute atomic E-state index is 12.4. The number of fused-ring (bicyclic) bond motifs is 1. The van der Waals surface area contributed by atoms with E-state index in [2.05, 4.69) is 20.6 Å². The molecule has 0 unspecified atom stereocenters. The molecule has 0 saturated heterocycles. The van der Waals surface area contributed by atoms with Gasteiger partial charge in [-0.3, -0.25) is 9.59 Å². The summed E-state index contributed by atoms with van der Waals surface area (Å²) in [7, 11) is 0. The number of amides is 2. The summed E-state index contributed by atoms with van der Waals surface area (Å²) in [6, 6.07) is 5.42. The van der Waals surface area contributed by atoms with Crippen molar-refractivity contribution in [2.75, 3.05) is 6.54 Å². The average molecular weight is 386 g/mol. The van der Waals surface area contributed by atoms with Crippen molar-refractivity contribution in [3.8, 4) is 0 Å². The van der Waals surface area contributed by atoms with Crippen LogP contribution < -0.4 is 10.6 Å². The standard InChI is InChI=1S/C21H30N4O3/c1-12(2)11-22-21(28)15-5-7-17(19(26)10-15)25-20(27)9-14-4-6-16-18(8-14)24-13(3)23-16/h4,6,8,12,15,17,19,26H,5,7,9-11H2,1-3H3,(H,22,28)(H,23,24)(H,25,27)/t15-,17+,19+/m0/s1.